The third-order valence-electron chi connectivity index (χ3n) is 3.58. The number of hydrogen-bond acceptors (Lipinski definition) is 2. The molecule has 2 unspecified atom stereocenters. The molecule has 16 heavy (non-hydrogen) atoms. The van der Waals surface area contributed by atoms with Gasteiger partial charge in [0.1, 0.15) is 0 Å². The van der Waals surface area contributed by atoms with Crippen molar-refractivity contribution in [1.82, 2.24) is 5.32 Å². The van der Waals surface area contributed by atoms with Crippen LogP contribution in [0, 0.1) is 5.41 Å². The lowest BCUT2D eigenvalue weighted by Crippen LogP contribution is -2.51. The molecule has 0 radical (unpaired) electrons. The van der Waals surface area contributed by atoms with Crippen LogP contribution in [0.1, 0.15) is 46.0 Å². The summed E-state index contributed by atoms with van der Waals surface area (Å²) in [6, 6.07) is -0.181. The molecule has 1 aliphatic carbocycles. The van der Waals surface area contributed by atoms with Gasteiger partial charge >= 0.3 is 0 Å². The van der Waals surface area contributed by atoms with Gasteiger partial charge in [0.15, 0.2) is 0 Å². The Morgan fingerprint density at radius 1 is 1.62 bits per heavy atom. The Bertz CT molecular complexity index is 261. The number of carbonyl (C=O) groups is 1. The summed E-state index contributed by atoms with van der Waals surface area (Å²) in [5.74, 6) is -0.0418. The highest BCUT2D eigenvalue weighted by atomic mass is 16.2. The molecular weight excluding hydrogens is 200 g/mol. The van der Waals surface area contributed by atoms with Crippen molar-refractivity contribution in [2.45, 2.75) is 58.0 Å². The highest BCUT2D eigenvalue weighted by molar-refractivity contribution is 5.82. The highest BCUT2D eigenvalue weighted by Gasteiger charge is 2.33. The summed E-state index contributed by atoms with van der Waals surface area (Å²) in [7, 11) is 0. The van der Waals surface area contributed by atoms with Crippen LogP contribution in [-0.2, 0) is 4.79 Å². The van der Waals surface area contributed by atoms with Gasteiger partial charge in [0.2, 0.25) is 5.91 Å². The summed E-state index contributed by atoms with van der Waals surface area (Å²) in [5.41, 5.74) is 5.95. The second kappa shape index (κ2) is 5.48. The summed E-state index contributed by atoms with van der Waals surface area (Å²) in [6.07, 6.45) is 6.94. The van der Waals surface area contributed by atoms with Crippen molar-refractivity contribution in [3.05, 3.63) is 12.7 Å². The fourth-order valence-electron chi connectivity index (χ4n) is 2.33. The molecule has 0 aromatic carbocycles. The van der Waals surface area contributed by atoms with Crippen LogP contribution in [0.25, 0.3) is 0 Å². The van der Waals surface area contributed by atoms with Crippen molar-refractivity contribution in [3.63, 3.8) is 0 Å². The van der Waals surface area contributed by atoms with E-state index in [1.807, 2.05) is 0 Å². The number of hydrogen-bond donors (Lipinski definition) is 2. The Morgan fingerprint density at radius 3 is 2.88 bits per heavy atom. The average Bonchev–Trinajstić information content (AvgIpc) is 2.21. The number of rotatable bonds is 4. The zero-order valence-corrected chi connectivity index (χ0v) is 10.5. The molecule has 0 heterocycles. The quantitative estimate of drug-likeness (QED) is 0.717. The van der Waals surface area contributed by atoms with E-state index in [0.717, 1.165) is 6.42 Å². The van der Waals surface area contributed by atoms with E-state index in [1.54, 1.807) is 6.08 Å². The lowest BCUT2D eigenvalue weighted by Gasteiger charge is -2.39. The molecule has 92 valence electrons. The summed E-state index contributed by atoms with van der Waals surface area (Å²) >= 11 is 0. The van der Waals surface area contributed by atoms with Gasteiger partial charge in [-0.15, -0.1) is 6.58 Å². The smallest absolute Gasteiger partial charge is 0.237 e. The molecule has 1 rings (SSSR count). The van der Waals surface area contributed by atoms with Crippen LogP contribution < -0.4 is 11.1 Å². The minimum absolute atomic E-state index is 0.0418. The number of amides is 1. The van der Waals surface area contributed by atoms with E-state index >= 15 is 0 Å². The first-order valence-corrected chi connectivity index (χ1v) is 6.14. The Hall–Kier alpha value is -0.830. The van der Waals surface area contributed by atoms with Crippen molar-refractivity contribution in [1.29, 1.82) is 0 Å². The van der Waals surface area contributed by atoms with Gasteiger partial charge in [-0.1, -0.05) is 32.8 Å². The van der Waals surface area contributed by atoms with E-state index in [0.29, 0.717) is 6.42 Å². The minimum Gasteiger partial charge on any atom is -0.351 e. The van der Waals surface area contributed by atoms with E-state index in [1.165, 1.54) is 19.3 Å². The largest absolute Gasteiger partial charge is 0.351 e. The van der Waals surface area contributed by atoms with Gasteiger partial charge in [-0.05, 0) is 24.7 Å². The Morgan fingerprint density at radius 2 is 2.31 bits per heavy atom. The molecular formula is C13H24N2O. The lowest BCUT2D eigenvalue weighted by atomic mass is 9.73. The van der Waals surface area contributed by atoms with Gasteiger partial charge in [0.25, 0.3) is 0 Å². The van der Waals surface area contributed by atoms with Gasteiger partial charge in [-0.3, -0.25) is 4.79 Å². The first-order valence-electron chi connectivity index (χ1n) is 6.14. The van der Waals surface area contributed by atoms with Crippen molar-refractivity contribution in [2.75, 3.05) is 0 Å². The lowest BCUT2D eigenvalue weighted by molar-refractivity contribution is -0.124. The van der Waals surface area contributed by atoms with Gasteiger partial charge in [0, 0.05) is 6.04 Å². The van der Waals surface area contributed by atoms with Crippen LogP contribution in [-0.4, -0.2) is 18.0 Å². The van der Waals surface area contributed by atoms with Crippen LogP contribution in [0.2, 0.25) is 0 Å². The normalized spacial score (nSPS) is 25.8. The summed E-state index contributed by atoms with van der Waals surface area (Å²) in [4.78, 5) is 11.8. The summed E-state index contributed by atoms with van der Waals surface area (Å²) in [6.45, 7) is 8.04. The van der Waals surface area contributed by atoms with Crippen LogP contribution in [0.4, 0.5) is 0 Å². The zero-order chi connectivity index (χ0) is 12.2. The van der Waals surface area contributed by atoms with Crippen LogP contribution in [0.5, 0.6) is 0 Å². The topological polar surface area (TPSA) is 55.1 Å². The van der Waals surface area contributed by atoms with Crippen LogP contribution in [0.3, 0.4) is 0 Å². The van der Waals surface area contributed by atoms with Crippen molar-refractivity contribution in [2.24, 2.45) is 11.1 Å². The molecule has 3 nitrogen and oxygen atoms in total. The Balaban J connectivity index is 2.51. The molecule has 3 heteroatoms. The van der Waals surface area contributed by atoms with Gasteiger partial charge in [-0.2, -0.15) is 0 Å². The third kappa shape index (κ3) is 3.34. The predicted molar refractivity (Wildman–Crippen MR) is 67.0 cm³/mol. The van der Waals surface area contributed by atoms with Crippen LogP contribution in [0.15, 0.2) is 12.7 Å². The van der Waals surface area contributed by atoms with Gasteiger partial charge < -0.3 is 11.1 Å². The fraction of sp³-hybridized carbons (Fsp3) is 0.769. The average molecular weight is 224 g/mol. The van der Waals surface area contributed by atoms with Crippen molar-refractivity contribution in [3.8, 4) is 0 Å². The van der Waals surface area contributed by atoms with E-state index in [2.05, 4.69) is 25.7 Å². The maximum Gasteiger partial charge on any atom is 0.237 e. The van der Waals surface area contributed by atoms with Gasteiger partial charge in [0.05, 0.1) is 6.04 Å². The second-order valence-electron chi connectivity index (χ2n) is 5.43. The predicted octanol–water partition coefficient (Wildman–Crippen LogP) is 1.97. The third-order valence-corrected chi connectivity index (χ3v) is 3.58. The molecule has 0 bridgehead atoms. The first kappa shape index (κ1) is 13.2. The molecule has 0 aliphatic heterocycles. The number of carbonyl (C=O) groups excluding carboxylic acids is 1. The van der Waals surface area contributed by atoms with Gasteiger partial charge in [-0.25, -0.2) is 0 Å². The van der Waals surface area contributed by atoms with E-state index in [4.69, 9.17) is 5.73 Å². The van der Waals surface area contributed by atoms with Crippen LogP contribution >= 0.6 is 0 Å². The molecule has 1 amide bonds. The maximum absolute atomic E-state index is 11.8. The molecule has 1 fully saturated rings. The van der Waals surface area contributed by atoms with E-state index in [9.17, 15) is 4.79 Å². The minimum atomic E-state index is -0.449. The SMILES string of the molecule is C=CCC(N)C(=O)NC1CCCCC1(C)C. The van der Waals surface area contributed by atoms with Crippen molar-refractivity contribution >= 4 is 5.91 Å². The van der Waals surface area contributed by atoms with Crippen molar-refractivity contribution < 1.29 is 4.79 Å². The molecule has 0 aromatic rings. The second-order valence-corrected chi connectivity index (χ2v) is 5.43. The summed E-state index contributed by atoms with van der Waals surface area (Å²) < 4.78 is 0. The summed E-state index contributed by atoms with van der Waals surface area (Å²) in [5, 5.41) is 3.08. The first-order chi connectivity index (χ1) is 7.47. The number of nitrogens with two attached hydrogens (primary N) is 1. The molecule has 1 saturated carbocycles. The maximum atomic E-state index is 11.8. The molecule has 3 N–H and O–H groups in total. The monoisotopic (exact) mass is 224 g/mol. The Labute approximate surface area is 98.5 Å². The van der Waals surface area contributed by atoms with E-state index < -0.39 is 6.04 Å². The highest BCUT2D eigenvalue weighted by Crippen LogP contribution is 2.35. The fourth-order valence-corrected chi connectivity index (χ4v) is 2.33. The molecule has 0 aromatic heterocycles. The molecule has 2 atom stereocenters. The molecule has 1 aliphatic rings. The zero-order valence-electron chi connectivity index (χ0n) is 10.5. The number of nitrogens with one attached hydrogen (secondary N) is 1. The standard InChI is InChI=1S/C13H24N2O/c1-4-7-10(14)12(16)15-11-8-5-6-9-13(11,2)3/h4,10-11H,1,5-9,14H2,2-3H3,(H,15,16). The Kier molecular flexibility index (Phi) is 4.54. The molecule has 0 saturated heterocycles. The van der Waals surface area contributed by atoms with E-state index in [-0.39, 0.29) is 17.4 Å². The molecule has 0 spiro atoms.